The first-order valence-corrected chi connectivity index (χ1v) is 5.96. The standard InChI is InChI=1S/C16H18O/c1-12-11-16(2,3)14(10-15(12)17)9-13-7-5-4-6-8-13/h4-8,10H,1,9,11H2,2-3H3. The summed E-state index contributed by atoms with van der Waals surface area (Å²) in [5, 5.41) is 0. The van der Waals surface area contributed by atoms with Crippen LogP contribution in [0.15, 0.2) is 54.1 Å². The second-order valence-corrected chi connectivity index (χ2v) is 5.36. The van der Waals surface area contributed by atoms with E-state index >= 15 is 0 Å². The third-order valence-electron chi connectivity index (χ3n) is 3.42. The van der Waals surface area contributed by atoms with Crippen molar-refractivity contribution >= 4 is 5.78 Å². The maximum Gasteiger partial charge on any atom is 0.181 e. The first kappa shape index (κ1) is 11.8. The molecule has 0 N–H and O–H groups in total. The Morgan fingerprint density at radius 1 is 1.24 bits per heavy atom. The normalized spacial score (nSPS) is 19.1. The van der Waals surface area contributed by atoms with Gasteiger partial charge in [0.05, 0.1) is 0 Å². The molecule has 0 bridgehead atoms. The highest BCUT2D eigenvalue weighted by Crippen LogP contribution is 2.38. The molecule has 1 heteroatoms. The van der Waals surface area contributed by atoms with Crippen LogP contribution in [0.5, 0.6) is 0 Å². The van der Waals surface area contributed by atoms with Crippen LogP contribution >= 0.6 is 0 Å². The third-order valence-corrected chi connectivity index (χ3v) is 3.42. The van der Waals surface area contributed by atoms with E-state index in [1.54, 1.807) is 6.08 Å². The fourth-order valence-corrected chi connectivity index (χ4v) is 2.30. The third kappa shape index (κ3) is 2.55. The van der Waals surface area contributed by atoms with Crippen LogP contribution in [-0.4, -0.2) is 5.78 Å². The largest absolute Gasteiger partial charge is 0.290 e. The zero-order valence-electron chi connectivity index (χ0n) is 10.5. The van der Waals surface area contributed by atoms with Crippen molar-refractivity contribution in [3.63, 3.8) is 0 Å². The van der Waals surface area contributed by atoms with Crippen LogP contribution in [0, 0.1) is 5.41 Å². The van der Waals surface area contributed by atoms with Crippen LogP contribution < -0.4 is 0 Å². The summed E-state index contributed by atoms with van der Waals surface area (Å²) in [7, 11) is 0. The van der Waals surface area contributed by atoms with Crippen LogP contribution in [0.4, 0.5) is 0 Å². The van der Waals surface area contributed by atoms with Gasteiger partial charge in [-0.3, -0.25) is 4.79 Å². The maximum atomic E-state index is 11.7. The van der Waals surface area contributed by atoms with Crippen LogP contribution in [0.3, 0.4) is 0 Å². The van der Waals surface area contributed by atoms with Gasteiger partial charge in [-0.2, -0.15) is 0 Å². The van der Waals surface area contributed by atoms with Crippen molar-refractivity contribution in [3.05, 3.63) is 59.7 Å². The van der Waals surface area contributed by atoms with E-state index in [9.17, 15) is 4.79 Å². The van der Waals surface area contributed by atoms with Crippen LogP contribution in [-0.2, 0) is 11.2 Å². The van der Waals surface area contributed by atoms with Gasteiger partial charge in [0.25, 0.3) is 0 Å². The zero-order chi connectivity index (χ0) is 12.5. The molecule has 1 aromatic rings. The van der Waals surface area contributed by atoms with Gasteiger partial charge in [-0.1, -0.05) is 56.3 Å². The van der Waals surface area contributed by atoms with Gasteiger partial charge < -0.3 is 0 Å². The number of hydrogen-bond donors (Lipinski definition) is 0. The predicted octanol–water partition coefficient (Wildman–Crippen LogP) is 3.71. The second-order valence-electron chi connectivity index (χ2n) is 5.36. The molecule has 0 heterocycles. The summed E-state index contributed by atoms with van der Waals surface area (Å²) in [6.45, 7) is 8.20. The summed E-state index contributed by atoms with van der Waals surface area (Å²) in [6, 6.07) is 10.3. The van der Waals surface area contributed by atoms with Crippen LogP contribution in [0.25, 0.3) is 0 Å². The molecule has 1 aliphatic rings. The van der Waals surface area contributed by atoms with E-state index < -0.39 is 0 Å². The minimum absolute atomic E-state index is 0.0425. The van der Waals surface area contributed by atoms with Crippen molar-refractivity contribution in [1.29, 1.82) is 0 Å². The molecule has 0 amide bonds. The van der Waals surface area contributed by atoms with Gasteiger partial charge in [0.15, 0.2) is 5.78 Å². The molecule has 0 unspecified atom stereocenters. The van der Waals surface area contributed by atoms with Crippen molar-refractivity contribution in [2.75, 3.05) is 0 Å². The summed E-state index contributed by atoms with van der Waals surface area (Å²) in [5.74, 6) is 0.0928. The van der Waals surface area contributed by atoms with E-state index in [2.05, 4.69) is 32.6 Å². The lowest BCUT2D eigenvalue weighted by Crippen LogP contribution is -2.24. The molecule has 0 saturated carbocycles. The number of carbonyl (C=O) groups is 1. The lowest BCUT2D eigenvalue weighted by atomic mass is 9.72. The molecule has 1 aromatic carbocycles. The van der Waals surface area contributed by atoms with E-state index in [0.29, 0.717) is 0 Å². The predicted molar refractivity (Wildman–Crippen MR) is 70.8 cm³/mol. The molecule has 0 aromatic heterocycles. The molecule has 1 aliphatic carbocycles. The molecule has 0 fully saturated rings. The van der Waals surface area contributed by atoms with Gasteiger partial charge in [-0.15, -0.1) is 0 Å². The average molecular weight is 226 g/mol. The highest BCUT2D eigenvalue weighted by Gasteiger charge is 2.30. The molecule has 2 rings (SSSR count). The Bertz CT molecular complexity index is 478. The van der Waals surface area contributed by atoms with Crippen LogP contribution in [0.1, 0.15) is 25.8 Å². The Balaban J connectivity index is 2.28. The van der Waals surface area contributed by atoms with Crippen molar-refractivity contribution in [3.8, 4) is 0 Å². The molecule has 0 spiro atoms. The number of ketones is 1. The first-order valence-electron chi connectivity index (χ1n) is 5.96. The highest BCUT2D eigenvalue weighted by molar-refractivity contribution is 6.05. The SMILES string of the molecule is C=C1CC(C)(C)C(Cc2ccccc2)=CC1=O. The summed E-state index contributed by atoms with van der Waals surface area (Å²) >= 11 is 0. The Morgan fingerprint density at radius 3 is 2.53 bits per heavy atom. The Labute approximate surface area is 103 Å². The molecule has 0 atom stereocenters. The first-order chi connectivity index (χ1) is 7.99. The van der Waals surface area contributed by atoms with Crippen LogP contribution in [0.2, 0.25) is 0 Å². The van der Waals surface area contributed by atoms with E-state index in [1.807, 2.05) is 18.2 Å². The highest BCUT2D eigenvalue weighted by atomic mass is 16.1. The monoisotopic (exact) mass is 226 g/mol. The summed E-state index contributed by atoms with van der Waals surface area (Å²) in [6.07, 6.45) is 3.40. The number of allylic oxidation sites excluding steroid dienone is 3. The molecule has 1 nitrogen and oxygen atoms in total. The van der Waals surface area contributed by atoms with Gasteiger partial charge in [0.2, 0.25) is 0 Å². The summed E-state index contributed by atoms with van der Waals surface area (Å²) in [4.78, 5) is 11.7. The molecular formula is C16H18O. The molecule has 88 valence electrons. The van der Waals surface area contributed by atoms with Gasteiger partial charge >= 0.3 is 0 Å². The van der Waals surface area contributed by atoms with Gasteiger partial charge in [0.1, 0.15) is 0 Å². The van der Waals surface area contributed by atoms with Gasteiger partial charge in [-0.25, -0.2) is 0 Å². The summed E-state index contributed by atoms with van der Waals surface area (Å²) < 4.78 is 0. The minimum Gasteiger partial charge on any atom is -0.290 e. The van der Waals surface area contributed by atoms with Gasteiger partial charge in [0, 0.05) is 0 Å². The molecule has 0 radical (unpaired) electrons. The van der Waals surface area contributed by atoms with E-state index in [0.717, 1.165) is 18.4 Å². The molecule has 17 heavy (non-hydrogen) atoms. The van der Waals surface area contributed by atoms with Crippen molar-refractivity contribution < 1.29 is 4.79 Å². The molecule has 0 saturated heterocycles. The molecule has 0 aliphatic heterocycles. The lowest BCUT2D eigenvalue weighted by Gasteiger charge is -2.32. The zero-order valence-corrected chi connectivity index (χ0v) is 10.5. The van der Waals surface area contributed by atoms with Gasteiger partial charge in [-0.05, 0) is 35.5 Å². The summed E-state index contributed by atoms with van der Waals surface area (Å²) in [5.41, 5.74) is 3.24. The number of benzene rings is 1. The quantitative estimate of drug-likeness (QED) is 0.702. The number of carbonyl (C=O) groups excluding carboxylic acids is 1. The smallest absolute Gasteiger partial charge is 0.181 e. The Hall–Kier alpha value is -1.63. The Morgan fingerprint density at radius 2 is 1.88 bits per heavy atom. The van der Waals surface area contributed by atoms with E-state index in [1.165, 1.54) is 11.1 Å². The van der Waals surface area contributed by atoms with Crippen molar-refractivity contribution in [1.82, 2.24) is 0 Å². The maximum absolute atomic E-state index is 11.7. The second kappa shape index (κ2) is 4.33. The Kier molecular flexibility index (Phi) is 3.01. The topological polar surface area (TPSA) is 17.1 Å². The van der Waals surface area contributed by atoms with E-state index in [4.69, 9.17) is 0 Å². The van der Waals surface area contributed by atoms with E-state index in [-0.39, 0.29) is 11.2 Å². The van der Waals surface area contributed by atoms with Crippen molar-refractivity contribution in [2.24, 2.45) is 5.41 Å². The number of hydrogen-bond acceptors (Lipinski definition) is 1. The van der Waals surface area contributed by atoms with Crippen molar-refractivity contribution in [2.45, 2.75) is 26.7 Å². The lowest BCUT2D eigenvalue weighted by molar-refractivity contribution is -0.112. The molecular weight excluding hydrogens is 208 g/mol. The average Bonchev–Trinajstić information content (AvgIpc) is 2.27. The number of rotatable bonds is 2. The fourth-order valence-electron chi connectivity index (χ4n) is 2.30. The minimum atomic E-state index is 0.0425. The fraction of sp³-hybridized carbons (Fsp3) is 0.312.